The minimum atomic E-state index is -0.187. The zero-order valence-corrected chi connectivity index (χ0v) is 17.0. The monoisotopic (exact) mass is 440 g/mol. The van der Waals surface area contributed by atoms with Crippen LogP contribution < -0.4 is 4.87 Å². The van der Waals surface area contributed by atoms with Crippen LogP contribution in [0.2, 0.25) is 0 Å². The van der Waals surface area contributed by atoms with Crippen molar-refractivity contribution in [2.24, 2.45) is 4.99 Å². The lowest BCUT2D eigenvalue weighted by Gasteiger charge is -2.06. The van der Waals surface area contributed by atoms with Gasteiger partial charge in [0.05, 0.1) is 17.1 Å². The van der Waals surface area contributed by atoms with Gasteiger partial charge in [0.2, 0.25) is 5.88 Å². The van der Waals surface area contributed by atoms with Crippen molar-refractivity contribution in [3.63, 3.8) is 0 Å². The number of fused-ring (bicyclic) bond motifs is 1. The van der Waals surface area contributed by atoms with Crippen molar-refractivity contribution < 1.29 is 5.11 Å². The molecule has 136 valence electrons. The molecule has 1 aromatic heterocycles. The van der Waals surface area contributed by atoms with Crippen molar-refractivity contribution in [2.75, 3.05) is 0 Å². The first-order valence-corrected chi connectivity index (χ1v) is 10.2. The Labute approximate surface area is 169 Å². The standard InChI is InChI=1S/C21H17BrN2O2S/c1-2-13-7-5-8-16-15(11-23-19(13)16)10-18-20(25)24(21(26)27-18)12-14-6-3-4-9-17(14)22/h3-11,25H,2,12H2,1H3/b15-10+. The summed E-state index contributed by atoms with van der Waals surface area (Å²) >= 11 is 4.53. The van der Waals surface area contributed by atoms with E-state index in [4.69, 9.17) is 0 Å². The topological polar surface area (TPSA) is 54.6 Å². The van der Waals surface area contributed by atoms with Crippen LogP contribution in [0.1, 0.15) is 28.5 Å². The van der Waals surface area contributed by atoms with Crippen LogP contribution in [0.4, 0.5) is 5.69 Å². The summed E-state index contributed by atoms with van der Waals surface area (Å²) in [6.45, 7) is 2.42. The van der Waals surface area contributed by atoms with Crippen LogP contribution in [0.25, 0.3) is 11.6 Å². The Balaban J connectivity index is 1.72. The van der Waals surface area contributed by atoms with E-state index < -0.39 is 0 Å². The zero-order chi connectivity index (χ0) is 19.0. The highest BCUT2D eigenvalue weighted by atomic mass is 79.9. The van der Waals surface area contributed by atoms with Crippen LogP contribution in [0, 0.1) is 0 Å². The molecule has 0 unspecified atom stereocenters. The lowest BCUT2D eigenvalue weighted by atomic mass is 10.0. The molecule has 1 aliphatic rings. The van der Waals surface area contributed by atoms with Crippen LogP contribution >= 0.6 is 27.3 Å². The third-order valence-corrected chi connectivity index (χ3v) is 6.30. The van der Waals surface area contributed by atoms with Crippen molar-refractivity contribution in [1.29, 1.82) is 0 Å². The van der Waals surface area contributed by atoms with E-state index >= 15 is 0 Å². The van der Waals surface area contributed by atoms with E-state index in [0.717, 1.165) is 44.6 Å². The molecule has 2 heterocycles. The Morgan fingerprint density at radius 1 is 1.19 bits per heavy atom. The smallest absolute Gasteiger partial charge is 0.310 e. The maximum atomic E-state index is 12.4. The summed E-state index contributed by atoms with van der Waals surface area (Å²) in [5.74, 6) is -0.0123. The number of hydrogen-bond acceptors (Lipinski definition) is 4. The largest absolute Gasteiger partial charge is 0.493 e. The molecule has 0 bridgehead atoms. The molecule has 0 fully saturated rings. The fourth-order valence-corrected chi connectivity index (χ4v) is 4.41. The number of hydrogen-bond donors (Lipinski definition) is 1. The molecule has 0 saturated carbocycles. The van der Waals surface area contributed by atoms with Crippen LogP contribution in [-0.4, -0.2) is 15.9 Å². The molecule has 0 aliphatic carbocycles. The minimum Gasteiger partial charge on any atom is -0.493 e. The van der Waals surface area contributed by atoms with E-state index in [1.807, 2.05) is 42.5 Å². The van der Waals surface area contributed by atoms with Crippen LogP contribution in [0.3, 0.4) is 0 Å². The average Bonchev–Trinajstić information content (AvgIpc) is 3.20. The summed E-state index contributed by atoms with van der Waals surface area (Å²) in [6.07, 6.45) is 4.55. The van der Waals surface area contributed by atoms with Gasteiger partial charge in [-0.3, -0.25) is 14.4 Å². The molecule has 0 radical (unpaired) electrons. The number of benzene rings is 2. The summed E-state index contributed by atoms with van der Waals surface area (Å²) in [7, 11) is 0. The van der Waals surface area contributed by atoms with E-state index in [-0.39, 0.29) is 10.8 Å². The number of aromatic hydroxyl groups is 1. The SMILES string of the molecule is CCc1cccc2c1N=C/C2=C\c1sc(=O)n(Cc2ccccc2Br)c1O. The fourth-order valence-electron chi connectivity index (χ4n) is 3.17. The lowest BCUT2D eigenvalue weighted by molar-refractivity contribution is 0.420. The highest BCUT2D eigenvalue weighted by molar-refractivity contribution is 9.10. The number of aliphatic imine (C=N–C) groups is 1. The van der Waals surface area contributed by atoms with Crippen molar-refractivity contribution in [1.82, 2.24) is 4.57 Å². The molecule has 4 nitrogen and oxygen atoms in total. The van der Waals surface area contributed by atoms with Gasteiger partial charge in [0, 0.05) is 21.8 Å². The predicted octanol–water partition coefficient (Wildman–Crippen LogP) is 5.25. The molecule has 4 rings (SSSR count). The zero-order valence-electron chi connectivity index (χ0n) is 14.6. The Morgan fingerprint density at radius 3 is 2.74 bits per heavy atom. The van der Waals surface area contributed by atoms with Gasteiger partial charge in [0.25, 0.3) is 0 Å². The Bertz CT molecular complexity index is 1140. The van der Waals surface area contributed by atoms with Gasteiger partial charge in [-0.1, -0.05) is 70.6 Å². The maximum absolute atomic E-state index is 12.4. The van der Waals surface area contributed by atoms with E-state index in [9.17, 15) is 9.90 Å². The third-order valence-electron chi connectivity index (χ3n) is 4.61. The molecule has 6 heteroatoms. The van der Waals surface area contributed by atoms with Crippen molar-refractivity contribution in [3.8, 4) is 5.88 Å². The second-order valence-electron chi connectivity index (χ2n) is 6.26. The molecular formula is C21H17BrN2O2S. The molecule has 3 aromatic rings. The summed E-state index contributed by atoms with van der Waals surface area (Å²) in [6, 6.07) is 13.8. The van der Waals surface area contributed by atoms with Gasteiger partial charge < -0.3 is 5.11 Å². The van der Waals surface area contributed by atoms with E-state index in [2.05, 4.69) is 33.9 Å². The number of rotatable bonds is 4. The first-order chi connectivity index (χ1) is 13.1. The number of allylic oxidation sites excluding steroid dienone is 1. The summed E-state index contributed by atoms with van der Waals surface area (Å²) in [5, 5.41) is 10.6. The van der Waals surface area contributed by atoms with Crippen molar-refractivity contribution >= 4 is 50.8 Å². The third kappa shape index (κ3) is 3.31. The van der Waals surface area contributed by atoms with Gasteiger partial charge in [-0.25, -0.2) is 0 Å². The van der Waals surface area contributed by atoms with Crippen LogP contribution in [0.15, 0.2) is 56.7 Å². The summed E-state index contributed by atoms with van der Waals surface area (Å²) < 4.78 is 2.30. The molecule has 0 atom stereocenters. The van der Waals surface area contributed by atoms with Crippen LogP contribution in [0.5, 0.6) is 5.88 Å². The summed E-state index contributed by atoms with van der Waals surface area (Å²) in [5.41, 5.74) is 5.05. The first-order valence-electron chi connectivity index (χ1n) is 8.62. The van der Waals surface area contributed by atoms with Gasteiger partial charge >= 0.3 is 4.87 Å². The number of para-hydroxylation sites is 1. The average molecular weight is 441 g/mol. The number of thiazole rings is 1. The normalized spacial score (nSPS) is 14.1. The van der Waals surface area contributed by atoms with Crippen LogP contribution in [-0.2, 0) is 13.0 Å². The Morgan fingerprint density at radius 2 is 1.96 bits per heavy atom. The fraction of sp³-hybridized carbons (Fsp3) is 0.143. The highest BCUT2D eigenvalue weighted by Crippen LogP contribution is 2.37. The predicted molar refractivity (Wildman–Crippen MR) is 115 cm³/mol. The second-order valence-corrected chi connectivity index (χ2v) is 8.11. The van der Waals surface area contributed by atoms with Crippen molar-refractivity contribution in [2.45, 2.75) is 19.9 Å². The molecule has 27 heavy (non-hydrogen) atoms. The molecule has 2 aromatic carbocycles. The molecule has 0 saturated heterocycles. The Hall–Kier alpha value is -2.44. The second kappa shape index (κ2) is 7.29. The van der Waals surface area contributed by atoms with Gasteiger partial charge in [0.1, 0.15) is 0 Å². The van der Waals surface area contributed by atoms with Gasteiger partial charge in [-0.2, -0.15) is 0 Å². The van der Waals surface area contributed by atoms with E-state index in [1.165, 1.54) is 10.1 Å². The number of aryl methyl sites for hydroxylation is 1. The van der Waals surface area contributed by atoms with Gasteiger partial charge in [-0.15, -0.1) is 0 Å². The molecular weight excluding hydrogens is 424 g/mol. The van der Waals surface area contributed by atoms with Gasteiger partial charge in [-0.05, 0) is 29.7 Å². The molecule has 0 amide bonds. The first kappa shape index (κ1) is 17.9. The molecule has 1 N–H and O–H groups in total. The maximum Gasteiger partial charge on any atom is 0.310 e. The van der Waals surface area contributed by atoms with E-state index in [1.54, 1.807) is 6.21 Å². The lowest BCUT2D eigenvalue weighted by Crippen LogP contribution is -2.13. The quantitative estimate of drug-likeness (QED) is 0.602. The molecule has 1 aliphatic heterocycles. The van der Waals surface area contributed by atoms with E-state index in [0.29, 0.717) is 11.4 Å². The highest BCUT2D eigenvalue weighted by Gasteiger charge is 2.18. The number of nitrogens with zero attached hydrogens (tertiary/aromatic N) is 2. The number of halogens is 1. The number of aromatic nitrogens is 1. The van der Waals surface area contributed by atoms with Gasteiger partial charge in [0.15, 0.2) is 0 Å². The van der Waals surface area contributed by atoms with Crippen molar-refractivity contribution in [3.05, 3.63) is 78.2 Å². The molecule has 0 spiro atoms. The summed E-state index contributed by atoms with van der Waals surface area (Å²) in [4.78, 5) is 17.3. The Kier molecular flexibility index (Phi) is 4.85. The minimum absolute atomic E-state index is 0.0123.